The van der Waals surface area contributed by atoms with Gasteiger partial charge in [0, 0.05) is 14.9 Å². The van der Waals surface area contributed by atoms with E-state index in [1.165, 1.54) is 11.3 Å². The Morgan fingerprint density at radius 2 is 2.00 bits per heavy atom. The van der Waals surface area contributed by atoms with Gasteiger partial charge in [-0.25, -0.2) is 0 Å². The van der Waals surface area contributed by atoms with Gasteiger partial charge < -0.3 is 0 Å². The molecule has 0 aliphatic carbocycles. The first-order valence-corrected chi connectivity index (χ1v) is 8.38. The lowest BCUT2D eigenvalue weighted by Crippen LogP contribution is -2.00. The summed E-state index contributed by atoms with van der Waals surface area (Å²) < 4.78 is 1.87. The molecule has 0 amide bonds. The second-order valence-electron chi connectivity index (χ2n) is 3.26. The van der Waals surface area contributed by atoms with E-state index < -0.39 is 0 Å². The predicted octanol–water partition coefficient (Wildman–Crippen LogP) is 5.23. The standard InChI is InChI=1S/C12H8Br2OS2/c1-16-9-5-3-2-4-7(9)11(15)10-6-8(13)12(14)17-10/h2-6H,1H3. The number of carbonyl (C=O) groups is 1. The molecule has 17 heavy (non-hydrogen) atoms. The Morgan fingerprint density at radius 1 is 1.29 bits per heavy atom. The first-order chi connectivity index (χ1) is 8.13. The highest BCUT2D eigenvalue weighted by atomic mass is 79.9. The van der Waals surface area contributed by atoms with Gasteiger partial charge in [0.15, 0.2) is 0 Å². The van der Waals surface area contributed by atoms with Crippen molar-refractivity contribution in [3.63, 3.8) is 0 Å². The number of rotatable bonds is 3. The van der Waals surface area contributed by atoms with Crippen molar-refractivity contribution < 1.29 is 4.79 Å². The van der Waals surface area contributed by atoms with E-state index in [-0.39, 0.29) is 5.78 Å². The molecule has 0 aliphatic heterocycles. The summed E-state index contributed by atoms with van der Waals surface area (Å²) in [6.45, 7) is 0. The summed E-state index contributed by atoms with van der Waals surface area (Å²) in [5.74, 6) is 0.0753. The van der Waals surface area contributed by atoms with Gasteiger partial charge in [-0.2, -0.15) is 0 Å². The van der Waals surface area contributed by atoms with E-state index in [1.807, 2.05) is 36.6 Å². The molecule has 0 atom stereocenters. The van der Waals surface area contributed by atoms with Crippen LogP contribution < -0.4 is 0 Å². The van der Waals surface area contributed by atoms with Gasteiger partial charge in [-0.15, -0.1) is 23.1 Å². The minimum atomic E-state index is 0.0753. The van der Waals surface area contributed by atoms with Crippen LogP contribution >= 0.6 is 55.0 Å². The van der Waals surface area contributed by atoms with E-state index >= 15 is 0 Å². The first-order valence-electron chi connectivity index (χ1n) is 4.76. The molecule has 0 N–H and O–H groups in total. The Kier molecular flexibility index (Phi) is 4.47. The number of carbonyl (C=O) groups excluding carboxylic acids is 1. The molecular formula is C12H8Br2OS2. The fourth-order valence-electron chi connectivity index (χ4n) is 1.42. The number of benzene rings is 1. The Hall–Kier alpha value is -0.1000. The summed E-state index contributed by atoms with van der Waals surface area (Å²) in [5.41, 5.74) is 0.765. The maximum absolute atomic E-state index is 12.3. The molecule has 2 aromatic rings. The Labute approximate surface area is 125 Å². The molecule has 0 aliphatic rings. The van der Waals surface area contributed by atoms with Crippen LogP contribution in [-0.4, -0.2) is 12.0 Å². The highest BCUT2D eigenvalue weighted by molar-refractivity contribution is 9.13. The molecule has 1 aromatic heterocycles. The number of hydrogen-bond donors (Lipinski definition) is 0. The highest BCUT2D eigenvalue weighted by Crippen LogP contribution is 2.34. The molecule has 0 unspecified atom stereocenters. The van der Waals surface area contributed by atoms with Crippen LogP contribution in [-0.2, 0) is 0 Å². The van der Waals surface area contributed by atoms with Gasteiger partial charge in [-0.3, -0.25) is 4.79 Å². The van der Waals surface area contributed by atoms with Crippen molar-refractivity contribution in [2.24, 2.45) is 0 Å². The third-order valence-corrected chi connectivity index (χ3v) is 6.27. The van der Waals surface area contributed by atoms with E-state index in [0.717, 1.165) is 23.6 Å². The van der Waals surface area contributed by atoms with E-state index in [4.69, 9.17) is 0 Å². The smallest absolute Gasteiger partial charge is 0.204 e. The van der Waals surface area contributed by atoms with Gasteiger partial charge in [0.1, 0.15) is 0 Å². The monoisotopic (exact) mass is 390 g/mol. The SMILES string of the molecule is CSc1ccccc1C(=O)c1cc(Br)c(Br)s1. The summed E-state index contributed by atoms with van der Waals surface area (Å²) in [6, 6.07) is 9.53. The molecule has 0 saturated carbocycles. The van der Waals surface area contributed by atoms with Crippen molar-refractivity contribution in [2.45, 2.75) is 4.90 Å². The molecule has 5 heteroatoms. The first kappa shape index (κ1) is 13.3. The van der Waals surface area contributed by atoms with Crippen LogP contribution in [0.4, 0.5) is 0 Å². The van der Waals surface area contributed by atoms with E-state index in [9.17, 15) is 4.79 Å². The minimum Gasteiger partial charge on any atom is -0.288 e. The van der Waals surface area contributed by atoms with E-state index in [2.05, 4.69) is 31.9 Å². The quantitative estimate of drug-likeness (QED) is 0.526. The van der Waals surface area contributed by atoms with Crippen molar-refractivity contribution in [3.8, 4) is 0 Å². The number of thiophene rings is 1. The van der Waals surface area contributed by atoms with Crippen LogP contribution in [0.15, 0.2) is 43.5 Å². The third kappa shape index (κ3) is 2.84. The van der Waals surface area contributed by atoms with Crippen LogP contribution in [0.2, 0.25) is 0 Å². The molecule has 0 saturated heterocycles. The van der Waals surface area contributed by atoms with Crippen LogP contribution in [0, 0.1) is 0 Å². The zero-order valence-electron chi connectivity index (χ0n) is 8.87. The largest absolute Gasteiger partial charge is 0.288 e. The van der Waals surface area contributed by atoms with Gasteiger partial charge in [-0.05, 0) is 56.3 Å². The summed E-state index contributed by atoms with van der Waals surface area (Å²) in [6.07, 6.45) is 1.98. The summed E-state index contributed by atoms with van der Waals surface area (Å²) >= 11 is 9.84. The maximum atomic E-state index is 12.3. The van der Waals surface area contributed by atoms with Crippen LogP contribution in [0.5, 0.6) is 0 Å². The van der Waals surface area contributed by atoms with Gasteiger partial charge in [0.05, 0.1) is 8.66 Å². The second kappa shape index (κ2) is 5.69. The lowest BCUT2D eigenvalue weighted by atomic mass is 10.1. The fourth-order valence-corrected chi connectivity index (χ4v) is 4.01. The van der Waals surface area contributed by atoms with Crippen molar-refractivity contribution in [2.75, 3.05) is 6.26 Å². The minimum absolute atomic E-state index is 0.0753. The summed E-state index contributed by atoms with van der Waals surface area (Å²) in [4.78, 5) is 14.1. The van der Waals surface area contributed by atoms with Crippen molar-refractivity contribution >= 4 is 60.7 Å². The van der Waals surface area contributed by atoms with Crippen LogP contribution in [0.3, 0.4) is 0 Å². The molecule has 0 spiro atoms. The number of halogens is 2. The molecule has 1 aromatic carbocycles. The average molecular weight is 392 g/mol. The van der Waals surface area contributed by atoms with Crippen molar-refractivity contribution in [1.29, 1.82) is 0 Å². The summed E-state index contributed by atoms with van der Waals surface area (Å²) in [7, 11) is 0. The van der Waals surface area contributed by atoms with Gasteiger partial charge >= 0.3 is 0 Å². The third-order valence-electron chi connectivity index (χ3n) is 2.22. The molecule has 1 heterocycles. The Bertz CT molecular complexity index is 544. The van der Waals surface area contributed by atoms with Gasteiger partial charge in [0.25, 0.3) is 0 Å². The van der Waals surface area contributed by atoms with Crippen molar-refractivity contribution in [3.05, 3.63) is 49.0 Å². The van der Waals surface area contributed by atoms with Crippen LogP contribution in [0.1, 0.15) is 15.2 Å². The van der Waals surface area contributed by atoms with Gasteiger partial charge in [-0.1, -0.05) is 12.1 Å². The maximum Gasteiger partial charge on any atom is 0.204 e. The Balaban J connectivity index is 2.43. The summed E-state index contributed by atoms with van der Waals surface area (Å²) in [5, 5.41) is 0. The molecular weight excluding hydrogens is 384 g/mol. The topological polar surface area (TPSA) is 17.1 Å². The normalized spacial score (nSPS) is 10.5. The van der Waals surface area contributed by atoms with E-state index in [1.54, 1.807) is 11.8 Å². The number of hydrogen-bond acceptors (Lipinski definition) is 3. The van der Waals surface area contributed by atoms with E-state index in [0.29, 0.717) is 0 Å². The molecule has 2 rings (SSSR count). The average Bonchev–Trinajstić information content (AvgIpc) is 2.68. The highest BCUT2D eigenvalue weighted by Gasteiger charge is 2.16. The van der Waals surface area contributed by atoms with Gasteiger partial charge in [0.2, 0.25) is 5.78 Å². The van der Waals surface area contributed by atoms with Crippen LogP contribution in [0.25, 0.3) is 0 Å². The fraction of sp³-hybridized carbons (Fsp3) is 0.0833. The lowest BCUT2D eigenvalue weighted by Gasteiger charge is -2.03. The molecule has 0 radical (unpaired) electrons. The predicted molar refractivity (Wildman–Crippen MR) is 81.4 cm³/mol. The Morgan fingerprint density at radius 3 is 2.59 bits per heavy atom. The zero-order chi connectivity index (χ0) is 12.4. The van der Waals surface area contributed by atoms with Crippen molar-refractivity contribution in [1.82, 2.24) is 0 Å². The number of ketones is 1. The molecule has 0 fully saturated rings. The second-order valence-corrected chi connectivity index (χ2v) is 7.33. The molecule has 88 valence electrons. The lowest BCUT2D eigenvalue weighted by molar-refractivity contribution is 0.104. The number of thioether (sulfide) groups is 1. The molecule has 0 bridgehead atoms. The molecule has 1 nitrogen and oxygen atoms in total. The zero-order valence-corrected chi connectivity index (χ0v) is 13.7.